The van der Waals surface area contributed by atoms with E-state index in [0.717, 1.165) is 5.39 Å². The summed E-state index contributed by atoms with van der Waals surface area (Å²) < 4.78 is 28.5. The Morgan fingerprint density at radius 3 is 2.66 bits per heavy atom. The molecule has 0 saturated carbocycles. The maximum absolute atomic E-state index is 12.9. The monoisotopic (exact) mass is 394 g/mol. The summed E-state index contributed by atoms with van der Waals surface area (Å²) in [5.74, 6) is -0.442. The lowest BCUT2D eigenvalue weighted by molar-refractivity contribution is 0.0427. The van der Waals surface area contributed by atoms with Crippen LogP contribution in [-0.2, 0) is 18.0 Å². The number of carbonyl (C=O) groups excluding carboxylic acids is 1. The third-order valence-corrected chi connectivity index (χ3v) is 4.14. The molecule has 1 heterocycles. The molecular weight excluding hydrogens is 379 g/mol. The highest BCUT2D eigenvalue weighted by molar-refractivity contribution is 6.01. The van der Waals surface area contributed by atoms with Crippen molar-refractivity contribution in [1.82, 2.24) is 10.1 Å². The Kier molecular flexibility index (Phi) is 5.07. The number of nitrogens with zero attached hydrogens (tertiary/aromatic N) is 2. The van der Waals surface area contributed by atoms with Gasteiger partial charge in [0.05, 0.1) is 0 Å². The Morgan fingerprint density at radius 2 is 1.83 bits per heavy atom. The van der Waals surface area contributed by atoms with Gasteiger partial charge in [-0.15, -0.1) is 0 Å². The Morgan fingerprint density at radius 1 is 1.03 bits per heavy atom. The Bertz CT molecular complexity index is 1160. The Balaban J connectivity index is 1.36. The van der Waals surface area contributed by atoms with Gasteiger partial charge in [0.1, 0.15) is 22.9 Å². The third kappa shape index (κ3) is 4.16. The largest absolute Gasteiger partial charge is 0.506 e. The maximum Gasteiger partial charge on any atom is 0.342 e. The molecule has 1 N–H and O–H groups in total. The third-order valence-electron chi connectivity index (χ3n) is 4.14. The number of fused-ring (bicyclic) bond motifs is 1. The first-order valence-corrected chi connectivity index (χ1v) is 8.68. The van der Waals surface area contributed by atoms with E-state index in [9.17, 15) is 14.3 Å². The van der Waals surface area contributed by atoms with Crippen LogP contribution in [0.2, 0.25) is 0 Å². The molecule has 4 rings (SSSR count). The van der Waals surface area contributed by atoms with Crippen LogP contribution in [0.4, 0.5) is 4.39 Å². The van der Waals surface area contributed by atoms with Crippen LogP contribution < -0.4 is 4.74 Å². The number of benzene rings is 3. The Labute approximate surface area is 164 Å². The number of halogens is 1. The SMILES string of the molecule is O=C(OCc1nc(COc2ccc(F)cc2)no1)c1ccc2ccccc2c1O. The molecule has 0 aliphatic rings. The van der Waals surface area contributed by atoms with Crippen molar-refractivity contribution in [1.29, 1.82) is 0 Å². The molecule has 0 aliphatic heterocycles. The number of hydrogen-bond donors (Lipinski definition) is 1. The normalized spacial score (nSPS) is 10.8. The van der Waals surface area contributed by atoms with Crippen molar-refractivity contribution >= 4 is 16.7 Å². The second kappa shape index (κ2) is 7.97. The molecule has 0 radical (unpaired) electrons. The fraction of sp³-hybridized carbons (Fsp3) is 0.0952. The summed E-state index contributed by atoms with van der Waals surface area (Å²) in [6, 6.07) is 15.9. The minimum Gasteiger partial charge on any atom is -0.506 e. The molecule has 0 amide bonds. The van der Waals surface area contributed by atoms with Gasteiger partial charge in [-0.2, -0.15) is 4.98 Å². The second-order valence-corrected chi connectivity index (χ2v) is 6.11. The molecule has 0 unspecified atom stereocenters. The molecule has 7 nitrogen and oxygen atoms in total. The zero-order chi connectivity index (χ0) is 20.2. The van der Waals surface area contributed by atoms with Gasteiger partial charge in [-0.1, -0.05) is 35.5 Å². The van der Waals surface area contributed by atoms with Crippen LogP contribution in [0.25, 0.3) is 10.8 Å². The summed E-state index contributed by atoms with van der Waals surface area (Å²) in [4.78, 5) is 16.4. The predicted octanol–water partition coefficient (Wildman–Crippen LogP) is 4.00. The molecule has 0 fully saturated rings. The number of aromatic hydroxyl groups is 1. The summed E-state index contributed by atoms with van der Waals surface area (Å²) in [6.45, 7) is -0.247. The first kappa shape index (κ1) is 18.4. The van der Waals surface area contributed by atoms with E-state index < -0.39 is 5.97 Å². The number of phenols is 1. The molecule has 29 heavy (non-hydrogen) atoms. The standard InChI is InChI=1S/C21H15FN2O5/c22-14-6-8-15(9-7-14)27-11-18-23-19(29-24-18)12-28-21(26)17-10-5-13-3-1-2-4-16(13)20(17)25/h1-10,25H,11-12H2. The number of aromatic nitrogens is 2. The highest BCUT2D eigenvalue weighted by Gasteiger charge is 2.17. The van der Waals surface area contributed by atoms with Gasteiger partial charge >= 0.3 is 5.97 Å². The number of hydrogen-bond acceptors (Lipinski definition) is 7. The van der Waals surface area contributed by atoms with E-state index in [1.807, 2.05) is 12.1 Å². The van der Waals surface area contributed by atoms with Crippen molar-refractivity contribution in [3.63, 3.8) is 0 Å². The number of phenolic OH excluding ortho intramolecular Hbond substituents is 1. The lowest BCUT2D eigenvalue weighted by Crippen LogP contribution is -2.06. The van der Waals surface area contributed by atoms with E-state index in [4.69, 9.17) is 14.0 Å². The fourth-order valence-electron chi connectivity index (χ4n) is 2.71. The zero-order valence-corrected chi connectivity index (χ0v) is 15.0. The topological polar surface area (TPSA) is 94.7 Å². The van der Waals surface area contributed by atoms with Crippen molar-refractivity contribution in [3.8, 4) is 11.5 Å². The minimum atomic E-state index is -0.712. The predicted molar refractivity (Wildman–Crippen MR) is 99.8 cm³/mol. The first-order chi connectivity index (χ1) is 14.1. The van der Waals surface area contributed by atoms with Crippen LogP contribution in [0.3, 0.4) is 0 Å². The molecule has 146 valence electrons. The average Bonchev–Trinajstić information content (AvgIpc) is 3.20. The molecule has 0 bridgehead atoms. The quantitative estimate of drug-likeness (QED) is 0.494. The van der Waals surface area contributed by atoms with Crippen LogP contribution in [0.15, 0.2) is 65.2 Å². The van der Waals surface area contributed by atoms with E-state index >= 15 is 0 Å². The number of carbonyl (C=O) groups is 1. The van der Waals surface area contributed by atoms with Gasteiger partial charge in [-0.25, -0.2) is 9.18 Å². The highest BCUT2D eigenvalue weighted by atomic mass is 19.1. The summed E-state index contributed by atoms with van der Waals surface area (Å²) in [5.41, 5.74) is 0.0445. The van der Waals surface area contributed by atoms with E-state index in [1.54, 1.807) is 18.2 Å². The van der Waals surface area contributed by atoms with Crippen LogP contribution in [0.1, 0.15) is 22.1 Å². The molecule has 0 aliphatic carbocycles. The summed E-state index contributed by atoms with van der Waals surface area (Å²) in [5, 5.41) is 15.4. The number of rotatable bonds is 6. The number of esters is 1. The van der Waals surface area contributed by atoms with Gasteiger partial charge in [-0.05, 0) is 35.7 Å². The molecule has 4 aromatic rings. The first-order valence-electron chi connectivity index (χ1n) is 8.68. The van der Waals surface area contributed by atoms with E-state index in [-0.39, 0.29) is 42.1 Å². The van der Waals surface area contributed by atoms with Crippen molar-refractivity contribution in [2.24, 2.45) is 0 Å². The summed E-state index contributed by atoms with van der Waals surface area (Å²) in [6.07, 6.45) is 0. The molecule has 8 heteroatoms. The van der Waals surface area contributed by atoms with Crippen LogP contribution in [-0.4, -0.2) is 21.2 Å². The van der Waals surface area contributed by atoms with Gasteiger partial charge in [0.25, 0.3) is 5.89 Å². The van der Waals surface area contributed by atoms with Crippen molar-refractivity contribution < 1.29 is 28.3 Å². The molecular formula is C21H15FN2O5. The van der Waals surface area contributed by atoms with E-state index in [0.29, 0.717) is 11.1 Å². The van der Waals surface area contributed by atoms with Gasteiger partial charge in [0.15, 0.2) is 13.2 Å². The molecule has 3 aromatic carbocycles. The van der Waals surface area contributed by atoms with E-state index in [1.165, 1.54) is 30.3 Å². The van der Waals surface area contributed by atoms with Crippen LogP contribution >= 0.6 is 0 Å². The van der Waals surface area contributed by atoms with Gasteiger partial charge < -0.3 is 19.1 Å². The zero-order valence-electron chi connectivity index (χ0n) is 15.0. The van der Waals surface area contributed by atoms with Crippen molar-refractivity contribution in [2.45, 2.75) is 13.2 Å². The second-order valence-electron chi connectivity index (χ2n) is 6.11. The highest BCUT2D eigenvalue weighted by Crippen LogP contribution is 2.29. The minimum absolute atomic E-state index is 0.00847. The molecule has 0 saturated heterocycles. The maximum atomic E-state index is 12.9. The van der Waals surface area contributed by atoms with Gasteiger partial charge in [0.2, 0.25) is 5.82 Å². The lowest BCUT2D eigenvalue weighted by atomic mass is 10.1. The summed E-state index contributed by atoms with van der Waals surface area (Å²) >= 11 is 0. The lowest BCUT2D eigenvalue weighted by Gasteiger charge is -2.07. The Hall–Kier alpha value is -3.94. The number of ether oxygens (including phenoxy) is 2. The summed E-state index contributed by atoms with van der Waals surface area (Å²) in [7, 11) is 0. The van der Waals surface area contributed by atoms with Crippen LogP contribution in [0, 0.1) is 5.82 Å². The smallest absolute Gasteiger partial charge is 0.342 e. The van der Waals surface area contributed by atoms with E-state index in [2.05, 4.69) is 10.1 Å². The fourth-order valence-corrected chi connectivity index (χ4v) is 2.71. The van der Waals surface area contributed by atoms with Gasteiger partial charge in [0, 0.05) is 5.39 Å². The van der Waals surface area contributed by atoms with Crippen molar-refractivity contribution in [2.75, 3.05) is 0 Å². The van der Waals surface area contributed by atoms with Crippen LogP contribution in [0.5, 0.6) is 11.5 Å². The molecule has 0 spiro atoms. The van der Waals surface area contributed by atoms with Gasteiger partial charge in [-0.3, -0.25) is 0 Å². The molecule has 1 aromatic heterocycles. The van der Waals surface area contributed by atoms with Crippen molar-refractivity contribution in [3.05, 3.63) is 83.8 Å². The molecule has 0 atom stereocenters. The average molecular weight is 394 g/mol.